The lowest BCUT2D eigenvalue weighted by atomic mass is 9.61. The van der Waals surface area contributed by atoms with Crippen molar-refractivity contribution in [2.24, 2.45) is 35.5 Å². The lowest BCUT2D eigenvalue weighted by Crippen LogP contribution is -2.35. The Hall–Kier alpha value is -2.03. The van der Waals surface area contributed by atoms with E-state index in [2.05, 4.69) is 12.7 Å². The van der Waals surface area contributed by atoms with Gasteiger partial charge in [0.05, 0.1) is 5.92 Å². The zero-order valence-electron chi connectivity index (χ0n) is 19.7. The Bertz CT molecular complexity index is 772. The molecule has 0 N–H and O–H groups in total. The van der Waals surface area contributed by atoms with Crippen LogP contribution in [0.25, 0.3) is 0 Å². The van der Waals surface area contributed by atoms with Gasteiger partial charge in [0.15, 0.2) is 0 Å². The Kier molecular flexibility index (Phi) is 8.10. The number of carbonyl (C=O) groups excluding carboxylic acids is 1. The second-order valence-electron chi connectivity index (χ2n) is 10.3. The monoisotopic (exact) mass is 436 g/mol. The second-order valence-corrected chi connectivity index (χ2v) is 10.3. The van der Waals surface area contributed by atoms with Crippen LogP contribution in [0, 0.1) is 35.5 Å². The van der Waals surface area contributed by atoms with Gasteiger partial charge in [0.25, 0.3) is 0 Å². The predicted molar refractivity (Wildman–Crippen MR) is 130 cm³/mol. The van der Waals surface area contributed by atoms with Crippen LogP contribution in [0.4, 0.5) is 0 Å². The summed E-state index contributed by atoms with van der Waals surface area (Å²) in [6.07, 6.45) is 18.8. The van der Waals surface area contributed by atoms with E-state index in [0.29, 0.717) is 12.4 Å². The molecular formula is C29H40O3. The molecule has 3 aliphatic rings. The molecule has 1 aromatic rings. The van der Waals surface area contributed by atoms with Crippen LogP contribution in [0.3, 0.4) is 0 Å². The number of esters is 1. The Balaban J connectivity index is 1.21. The SMILES string of the molecule is C=CC1CCC2CC(C3CCC(C(=O)Oc4ccc(OC/C=C/C)cc4)CC3)CCC2C1. The zero-order chi connectivity index (χ0) is 22.3. The summed E-state index contributed by atoms with van der Waals surface area (Å²) in [5, 5.41) is 0. The summed E-state index contributed by atoms with van der Waals surface area (Å²) in [5.41, 5.74) is 0. The molecule has 3 saturated carbocycles. The molecule has 0 spiro atoms. The van der Waals surface area contributed by atoms with Gasteiger partial charge in [-0.3, -0.25) is 4.79 Å². The number of hydrogen-bond donors (Lipinski definition) is 0. The maximum absolute atomic E-state index is 12.7. The van der Waals surface area contributed by atoms with E-state index < -0.39 is 0 Å². The topological polar surface area (TPSA) is 35.5 Å². The van der Waals surface area contributed by atoms with Crippen LogP contribution in [0.1, 0.15) is 71.1 Å². The Labute approximate surface area is 194 Å². The van der Waals surface area contributed by atoms with Gasteiger partial charge in [-0.15, -0.1) is 6.58 Å². The van der Waals surface area contributed by atoms with Gasteiger partial charge in [-0.2, -0.15) is 0 Å². The fourth-order valence-electron chi connectivity index (χ4n) is 6.47. The number of fused-ring (bicyclic) bond motifs is 1. The molecule has 0 aromatic heterocycles. The highest BCUT2D eigenvalue weighted by molar-refractivity contribution is 5.75. The molecule has 4 unspecified atom stereocenters. The average molecular weight is 437 g/mol. The van der Waals surface area contributed by atoms with Crippen LogP contribution in [0.15, 0.2) is 49.1 Å². The standard InChI is InChI=1S/C29H40O3/c1-3-5-18-31-27-14-16-28(17-15-27)32-29(30)23-10-8-22(9-11-23)25-13-12-24-19-21(4-2)6-7-26(24)20-25/h3-5,14-17,21-26H,2,6-13,18-20H2,1H3/b5-3+. The molecule has 4 rings (SSSR count). The van der Waals surface area contributed by atoms with Crippen LogP contribution >= 0.6 is 0 Å². The maximum atomic E-state index is 12.7. The Morgan fingerprint density at radius 3 is 2.16 bits per heavy atom. The van der Waals surface area contributed by atoms with Gasteiger partial charge >= 0.3 is 5.97 Å². The average Bonchev–Trinajstić information content (AvgIpc) is 2.84. The van der Waals surface area contributed by atoms with Gasteiger partial charge in [-0.25, -0.2) is 0 Å². The Morgan fingerprint density at radius 2 is 1.47 bits per heavy atom. The summed E-state index contributed by atoms with van der Waals surface area (Å²) >= 11 is 0. The van der Waals surface area contributed by atoms with Gasteiger partial charge in [0, 0.05) is 0 Å². The largest absolute Gasteiger partial charge is 0.490 e. The summed E-state index contributed by atoms with van der Waals surface area (Å²) < 4.78 is 11.3. The first-order valence-electron chi connectivity index (χ1n) is 12.8. The van der Waals surface area contributed by atoms with Gasteiger partial charge in [0.2, 0.25) is 0 Å². The van der Waals surface area contributed by atoms with E-state index in [1.165, 1.54) is 51.4 Å². The Morgan fingerprint density at radius 1 is 0.875 bits per heavy atom. The molecule has 0 bridgehead atoms. The molecule has 0 aliphatic heterocycles. The van der Waals surface area contributed by atoms with E-state index in [1.807, 2.05) is 43.3 Å². The molecule has 3 heteroatoms. The minimum absolute atomic E-state index is 0.0521. The van der Waals surface area contributed by atoms with Gasteiger partial charge in [-0.05, 0) is 125 Å². The van der Waals surface area contributed by atoms with Crippen molar-refractivity contribution in [3.8, 4) is 11.5 Å². The summed E-state index contributed by atoms with van der Waals surface area (Å²) in [5.74, 6) is 5.73. The number of allylic oxidation sites excluding steroid dienone is 2. The number of hydrogen-bond acceptors (Lipinski definition) is 3. The number of carbonyl (C=O) groups is 1. The minimum Gasteiger partial charge on any atom is -0.490 e. The molecule has 32 heavy (non-hydrogen) atoms. The summed E-state index contributed by atoms with van der Waals surface area (Å²) in [6, 6.07) is 7.38. The number of rotatable bonds is 7. The minimum atomic E-state index is -0.0579. The molecule has 1 aromatic carbocycles. The highest BCUT2D eigenvalue weighted by atomic mass is 16.5. The normalized spacial score (nSPS) is 32.8. The highest BCUT2D eigenvalue weighted by Crippen LogP contribution is 2.49. The van der Waals surface area contributed by atoms with Crippen molar-refractivity contribution in [2.75, 3.05) is 6.61 Å². The van der Waals surface area contributed by atoms with Crippen LogP contribution in [-0.4, -0.2) is 12.6 Å². The van der Waals surface area contributed by atoms with E-state index in [1.54, 1.807) is 0 Å². The molecule has 3 nitrogen and oxygen atoms in total. The van der Waals surface area contributed by atoms with Crippen molar-refractivity contribution in [3.63, 3.8) is 0 Å². The summed E-state index contributed by atoms with van der Waals surface area (Å²) in [7, 11) is 0. The van der Waals surface area contributed by atoms with Crippen molar-refractivity contribution in [3.05, 3.63) is 49.1 Å². The first-order valence-corrected chi connectivity index (χ1v) is 12.8. The van der Waals surface area contributed by atoms with E-state index in [0.717, 1.165) is 48.2 Å². The molecule has 0 heterocycles. The van der Waals surface area contributed by atoms with Crippen LogP contribution in [0.5, 0.6) is 11.5 Å². The van der Waals surface area contributed by atoms with Crippen LogP contribution in [0.2, 0.25) is 0 Å². The highest BCUT2D eigenvalue weighted by Gasteiger charge is 2.39. The molecule has 4 atom stereocenters. The van der Waals surface area contributed by atoms with E-state index >= 15 is 0 Å². The maximum Gasteiger partial charge on any atom is 0.314 e. The molecule has 174 valence electrons. The molecule has 3 aliphatic carbocycles. The first kappa shape index (κ1) is 23.1. The lowest BCUT2D eigenvalue weighted by Gasteiger charge is -2.45. The lowest BCUT2D eigenvalue weighted by molar-refractivity contribution is -0.140. The van der Waals surface area contributed by atoms with Crippen LogP contribution < -0.4 is 9.47 Å². The molecule has 0 saturated heterocycles. The first-order chi connectivity index (χ1) is 15.7. The summed E-state index contributed by atoms with van der Waals surface area (Å²) in [6.45, 7) is 6.55. The zero-order valence-corrected chi connectivity index (χ0v) is 19.7. The quantitative estimate of drug-likeness (QED) is 0.254. The fraction of sp³-hybridized carbons (Fsp3) is 0.621. The van der Waals surface area contributed by atoms with Crippen molar-refractivity contribution < 1.29 is 14.3 Å². The summed E-state index contributed by atoms with van der Waals surface area (Å²) in [4.78, 5) is 12.7. The predicted octanol–water partition coefficient (Wildman–Crippen LogP) is 7.37. The third-order valence-electron chi connectivity index (χ3n) is 8.42. The van der Waals surface area contributed by atoms with Gasteiger partial charge < -0.3 is 9.47 Å². The third-order valence-corrected chi connectivity index (χ3v) is 8.42. The third kappa shape index (κ3) is 5.85. The van der Waals surface area contributed by atoms with E-state index in [9.17, 15) is 4.79 Å². The second kappa shape index (κ2) is 11.2. The van der Waals surface area contributed by atoms with Gasteiger partial charge in [-0.1, -0.05) is 18.2 Å². The fourth-order valence-corrected chi connectivity index (χ4v) is 6.47. The van der Waals surface area contributed by atoms with E-state index in [4.69, 9.17) is 9.47 Å². The van der Waals surface area contributed by atoms with Crippen molar-refractivity contribution in [1.82, 2.24) is 0 Å². The molecular weight excluding hydrogens is 396 g/mol. The smallest absolute Gasteiger partial charge is 0.314 e. The van der Waals surface area contributed by atoms with Crippen molar-refractivity contribution >= 4 is 5.97 Å². The van der Waals surface area contributed by atoms with Gasteiger partial charge in [0.1, 0.15) is 18.1 Å². The number of ether oxygens (including phenoxy) is 2. The molecule has 0 radical (unpaired) electrons. The van der Waals surface area contributed by atoms with E-state index in [-0.39, 0.29) is 11.9 Å². The molecule has 0 amide bonds. The number of benzene rings is 1. The van der Waals surface area contributed by atoms with Crippen LogP contribution in [-0.2, 0) is 4.79 Å². The molecule has 3 fully saturated rings. The van der Waals surface area contributed by atoms with Crippen molar-refractivity contribution in [2.45, 2.75) is 71.1 Å². The van der Waals surface area contributed by atoms with Crippen molar-refractivity contribution in [1.29, 1.82) is 0 Å².